The summed E-state index contributed by atoms with van der Waals surface area (Å²) >= 11 is 12.6. The van der Waals surface area contributed by atoms with Crippen LogP contribution in [0.5, 0.6) is 5.75 Å². The molecule has 1 N–H and O–H groups in total. The summed E-state index contributed by atoms with van der Waals surface area (Å²) in [4.78, 5) is 14.0. The fourth-order valence-electron chi connectivity index (χ4n) is 2.38. The van der Waals surface area contributed by atoms with E-state index in [0.717, 1.165) is 11.1 Å². The minimum absolute atomic E-state index is 0.124. The average Bonchev–Trinajstić information content (AvgIpc) is 2.80. The van der Waals surface area contributed by atoms with E-state index in [2.05, 4.69) is 0 Å². The SMILES string of the molecule is CN1C(=O)/C(=C/c2cc(Cc3ccccc3Cl)ccc2O)SC1=S. The van der Waals surface area contributed by atoms with Gasteiger partial charge in [-0.25, -0.2) is 0 Å². The zero-order valence-corrected chi connectivity index (χ0v) is 15.2. The van der Waals surface area contributed by atoms with Crippen LogP contribution in [-0.2, 0) is 11.2 Å². The van der Waals surface area contributed by atoms with E-state index in [1.807, 2.05) is 36.4 Å². The smallest absolute Gasteiger partial charge is 0.265 e. The molecule has 1 amide bonds. The molecule has 2 aromatic rings. The Hall–Kier alpha value is -1.82. The Labute approximate surface area is 154 Å². The number of nitrogens with zero attached hydrogens (tertiary/aromatic N) is 1. The summed E-state index contributed by atoms with van der Waals surface area (Å²) in [5.41, 5.74) is 2.60. The molecule has 0 bridgehead atoms. The van der Waals surface area contributed by atoms with Gasteiger partial charge in [0, 0.05) is 17.6 Å². The Bertz CT molecular complexity index is 864. The second kappa shape index (κ2) is 6.97. The zero-order chi connectivity index (χ0) is 17.3. The van der Waals surface area contributed by atoms with Crippen molar-refractivity contribution in [1.29, 1.82) is 0 Å². The molecule has 3 nitrogen and oxygen atoms in total. The first kappa shape index (κ1) is 17.0. The molecule has 0 atom stereocenters. The molecule has 1 heterocycles. The summed E-state index contributed by atoms with van der Waals surface area (Å²) in [7, 11) is 1.65. The Morgan fingerprint density at radius 2 is 2.04 bits per heavy atom. The van der Waals surface area contributed by atoms with Crippen LogP contribution < -0.4 is 0 Å². The van der Waals surface area contributed by atoms with Gasteiger partial charge in [0.1, 0.15) is 10.1 Å². The average molecular weight is 376 g/mol. The second-order valence-electron chi connectivity index (χ2n) is 5.40. The monoisotopic (exact) mass is 375 g/mol. The fraction of sp³-hybridized carbons (Fsp3) is 0.111. The molecule has 6 heteroatoms. The third-order valence-corrected chi connectivity index (χ3v) is 5.57. The first-order valence-electron chi connectivity index (χ1n) is 7.22. The molecule has 122 valence electrons. The van der Waals surface area contributed by atoms with Gasteiger partial charge in [0.05, 0.1) is 4.91 Å². The summed E-state index contributed by atoms with van der Waals surface area (Å²) in [6.07, 6.45) is 2.32. The van der Waals surface area contributed by atoms with E-state index in [9.17, 15) is 9.90 Å². The summed E-state index contributed by atoms with van der Waals surface area (Å²) in [5.74, 6) is -0.0276. The van der Waals surface area contributed by atoms with E-state index in [-0.39, 0.29) is 11.7 Å². The molecule has 1 aliphatic rings. The molecule has 1 fully saturated rings. The van der Waals surface area contributed by atoms with Gasteiger partial charge in [-0.1, -0.05) is 59.8 Å². The maximum atomic E-state index is 12.1. The van der Waals surface area contributed by atoms with Crippen molar-refractivity contribution in [1.82, 2.24) is 4.90 Å². The molecule has 0 aromatic heterocycles. The Kier molecular flexibility index (Phi) is 4.94. The van der Waals surface area contributed by atoms with Crippen molar-refractivity contribution in [3.8, 4) is 5.75 Å². The van der Waals surface area contributed by atoms with Crippen molar-refractivity contribution in [2.75, 3.05) is 7.05 Å². The van der Waals surface area contributed by atoms with E-state index < -0.39 is 0 Å². The van der Waals surface area contributed by atoms with Crippen molar-refractivity contribution in [2.45, 2.75) is 6.42 Å². The van der Waals surface area contributed by atoms with Crippen LogP contribution in [0.15, 0.2) is 47.4 Å². The highest BCUT2D eigenvalue weighted by Gasteiger charge is 2.28. The number of thioether (sulfide) groups is 1. The lowest BCUT2D eigenvalue weighted by Gasteiger charge is -2.07. The lowest BCUT2D eigenvalue weighted by atomic mass is 10.0. The number of hydrogen-bond donors (Lipinski definition) is 1. The minimum atomic E-state index is -0.152. The second-order valence-corrected chi connectivity index (χ2v) is 7.49. The van der Waals surface area contributed by atoms with Gasteiger partial charge < -0.3 is 5.11 Å². The number of benzene rings is 2. The minimum Gasteiger partial charge on any atom is -0.507 e. The van der Waals surface area contributed by atoms with Crippen molar-refractivity contribution in [3.63, 3.8) is 0 Å². The normalized spacial score (nSPS) is 16.2. The van der Waals surface area contributed by atoms with Crippen LogP contribution in [0, 0.1) is 0 Å². The van der Waals surface area contributed by atoms with Crippen LogP contribution in [0.25, 0.3) is 6.08 Å². The summed E-state index contributed by atoms with van der Waals surface area (Å²) < 4.78 is 0.512. The third kappa shape index (κ3) is 3.48. The van der Waals surface area contributed by atoms with E-state index in [4.69, 9.17) is 23.8 Å². The summed E-state index contributed by atoms with van der Waals surface area (Å²) in [5, 5.41) is 10.8. The fourth-order valence-corrected chi connectivity index (χ4v) is 3.75. The van der Waals surface area contributed by atoms with Crippen LogP contribution in [0.3, 0.4) is 0 Å². The highest BCUT2D eigenvalue weighted by Crippen LogP contribution is 2.33. The zero-order valence-electron chi connectivity index (χ0n) is 12.8. The molecule has 3 rings (SSSR count). The number of amides is 1. The number of thiocarbonyl (C=S) groups is 1. The molecule has 0 radical (unpaired) electrons. The molecule has 0 aliphatic carbocycles. The number of phenolic OH excluding ortho intramolecular Hbond substituents is 1. The van der Waals surface area contributed by atoms with Crippen molar-refractivity contribution in [2.24, 2.45) is 0 Å². The van der Waals surface area contributed by atoms with E-state index in [1.165, 1.54) is 16.7 Å². The maximum Gasteiger partial charge on any atom is 0.265 e. The van der Waals surface area contributed by atoms with Crippen molar-refractivity contribution < 1.29 is 9.90 Å². The number of halogens is 1. The standard InChI is InChI=1S/C18H14ClNO2S2/c1-20-17(22)16(24-18(20)23)10-13-9-11(6-7-15(13)21)8-12-4-2-3-5-14(12)19/h2-7,9-10,21H,8H2,1H3/b16-10-. The number of aromatic hydroxyl groups is 1. The predicted molar refractivity (Wildman–Crippen MR) is 103 cm³/mol. The molecule has 0 saturated carbocycles. The quantitative estimate of drug-likeness (QED) is 0.634. The predicted octanol–water partition coefficient (Wildman–Crippen LogP) is 4.47. The summed E-state index contributed by atoms with van der Waals surface area (Å²) in [6, 6.07) is 13.0. The highest BCUT2D eigenvalue weighted by molar-refractivity contribution is 8.26. The van der Waals surface area contributed by atoms with E-state index in [0.29, 0.717) is 26.2 Å². The van der Waals surface area contributed by atoms with Gasteiger partial charge in [-0.05, 0) is 41.8 Å². The topological polar surface area (TPSA) is 40.5 Å². The molecule has 1 aliphatic heterocycles. The molecular weight excluding hydrogens is 362 g/mol. The molecular formula is C18H14ClNO2S2. The Morgan fingerprint density at radius 3 is 2.71 bits per heavy atom. The Morgan fingerprint density at radius 1 is 1.29 bits per heavy atom. The first-order valence-corrected chi connectivity index (χ1v) is 8.83. The van der Waals surface area contributed by atoms with Crippen molar-refractivity contribution >= 4 is 51.9 Å². The highest BCUT2D eigenvalue weighted by atomic mass is 35.5. The van der Waals surface area contributed by atoms with Crippen LogP contribution in [0.1, 0.15) is 16.7 Å². The van der Waals surface area contributed by atoms with Crippen LogP contribution >= 0.6 is 35.6 Å². The maximum absolute atomic E-state index is 12.1. The van der Waals surface area contributed by atoms with Crippen LogP contribution in [0.4, 0.5) is 0 Å². The molecule has 0 spiro atoms. The lowest BCUT2D eigenvalue weighted by molar-refractivity contribution is -0.121. The van der Waals surface area contributed by atoms with Gasteiger partial charge in [-0.3, -0.25) is 9.69 Å². The molecule has 0 unspecified atom stereocenters. The third-order valence-electron chi connectivity index (χ3n) is 3.72. The van der Waals surface area contributed by atoms with Gasteiger partial charge in [-0.2, -0.15) is 0 Å². The van der Waals surface area contributed by atoms with Gasteiger partial charge in [0.15, 0.2) is 0 Å². The van der Waals surface area contributed by atoms with Gasteiger partial charge in [0.2, 0.25) is 0 Å². The Balaban J connectivity index is 1.92. The van der Waals surface area contributed by atoms with Crippen LogP contribution in [0.2, 0.25) is 5.02 Å². The number of phenols is 1. The number of carbonyl (C=O) groups excluding carboxylic acids is 1. The number of hydrogen-bond acceptors (Lipinski definition) is 4. The first-order chi connectivity index (χ1) is 11.5. The molecule has 24 heavy (non-hydrogen) atoms. The van der Waals surface area contributed by atoms with Gasteiger partial charge >= 0.3 is 0 Å². The number of likely N-dealkylation sites (N-methyl/N-ethyl adjacent to an activating group) is 1. The lowest BCUT2D eigenvalue weighted by Crippen LogP contribution is -2.22. The van der Waals surface area contributed by atoms with E-state index >= 15 is 0 Å². The van der Waals surface area contributed by atoms with Crippen LogP contribution in [-0.4, -0.2) is 27.3 Å². The number of rotatable bonds is 3. The van der Waals surface area contributed by atoms with Crippen molar-refractivity contribution in [3.05, 3.63) is 69.1 Å². The summed E-state index contributed by atoms with van der Waals surface area (Å²) in [6.45, 7) is 0. The van der Waals surface area contributed by atoms with Gasteiger partial charge in [0.25, 0.3) is 5.91 Å². The molecule has 2 aromatic carbocycles. The molecule has 1 saturated heterocycles. The van der Waals surface area contributed by atoms with E-state index in [1.54, 1.807) is 19.2 Å². The largest absolute Gasteiger partial charge is 0.507 e. The van der Waals surface area contributed by atoms with Gasteiger partial charge in [-0.15, -0.1) is 0 Å². The number of carbonyl (C=O) groups is 1.